The van der Waals surface area contributed by atoms with Crippen molar-refractivity contribution in [3.05, 3.63) is 47.8 Å². The lowest BCUT2D eigenvalue weighted by atomic mass is 10.2. The Morgan fingerprint density at radius 3 is 2.96 bits per heavy atom. The SMILES string of the molecule is CCN(Cc1ccc2c(c1)OCO2)C(=O)C=Cc1cnn(C)c1. The highest BCUT2D eigenvalue weighted by Crippen LogP contribution is 2.32. The first-order valence-corrected chi connectivity index (χ1v) is 7.50. The fraction of sp³-hybridized carbons (Fsp3) is 0.294. The summed E-state index contributed by atoms with van der Waals surface area (Å²) in [6.45, 7) is 3.37. The van der Waals surface area contributed by atoms with Crippen LogP contribution in [0.25, 0.3) is 6.08 Å². The molecule has 0 bridgehead atoms. The fourth-order valence-electron chi connectivity index (χ4n) is 2.40. The van der Waals surface area contributed by atoms with Crippen molar-refractivity contribution < 1.29 is 14.3 Å². The van der Waals surface area contributed by atoms with Gasteiger partial charge in [0.15, 0.2) is 11.5 Å². The summed E-state index contributed by atoms with van der Waals surface area (Å²) in [5, 5.41) is 4.08. The van der Waals surface area contributed by atoms with Crippen molar-refractivity contribution in [2.45, 2.75) is 13.5 Å². The Labute approximate surface area is 134 Å². The molecule has 0 N–H and O–H groups in total. The van der Waals surface area contributed by atoms with Gasteiger partial charge in [0.05, 0.1) is 6.20 Å². The Hall–Kier alpha value is -2.76. The fourth-order valence-corrected chi connectivity index (χ4v) is 2.40. The quantitative estimate of drug-likeness (QED) is 0.794. The lowest BCUT2D eigenvalue weighted by molar-refractivity contribution is -0.126. The summed E-state index contributed by atoms with van der Waals surface area (Å²) in [5.74, 6) is 1.45. The van der Waals surface area contributed by atoms with Crippen LogP contribution in [0.2, 0.25) is 0 Å². The Balaban J connectivity index is 1.67. The van der Waals surface area contributed by atoms with Crippen LogP contribution in [0.3, 0.4) is 0 Å². The van der Waals surface area contributed by atoms with E-state index in [4.69, 9.17) is 9.47 Å². The minimum atomic E-state index is -0.0333. The minimum Gasteiger partial charge on any atom is -0.454 e. The van der Waals surface area contributed by atoms with E-state index in [1.54, 1.807) is 27.9 Å². The number of rotatable bonds is 5. The zero-order valence-electron chi connectivity index (χ0n) is 13.2. The van der Waals surface area contributed by atoms with E-state index in [1.165, 1.54) is 0 Å². The summed E-state index contributed by atoms with van der Waals surface area (Å²) >= 11 is 0. The summed E-state index contributed by atoms with van der Waals surface area (Å²) in [4.78, 5) is 14.1. The van der Waals surface area contributed by atoms with E-state index >= 15 is 0 Å². The average molecular weight is 313 g/mol. The number of likely N-dealkylation sites (N-methyl/N-ethyl adjacent to an activating group) is 1. The molecule has 2 aromatic rings. The normalized spacial score (nSPS) is 12.8. The molecule has 0 saturated carbocycles. The van der Waals surface area contributed by atoms with Gasteiger partial charge in [-0.25, -0.2) is 0 Å². The molecule has 0 spiro atoms. The average Bonchev–Trinajstić information content (AvgIpc) is 3.18. The van der Waals surface area contributed by atoms with Crippen molar-refractivity contribution in [3.8, 4) is 11.5 Å². The summed E-state index contributed by atoms with van der Waals surface area (Å²) in [5.41, 5.74) is 1.92. The number of nitrogens with zero attached hydrogens (tertiary/aromatic N) is 3. The van der Waals surface area contributed by atoms with Gasteiger partial charge in [-0.2, -0.15) is 5.10 Å². The second-order valence-corrected chi connectivity index (χ2v) is 5.32. The van der Waals surface area contributed by atoms with Crippen LogP contribution in [-0.2, 0) is 18.4 Å². The van der Waals surface area contributed by atoms with Crippen molar-refractivity contribution in [1.29, 1.82) is 0 Å². The Kier molecular flexibility index (Phi) is 4.32. The largest absolute Gasteiger partial charge is 0.454 e. The van der Waals surface area contributed by atoms with Crippen LogP contribution in [0.15, 0.2) is 36.7 Å². The molecule has 3 rings (SSSR count). The van der Waals surface area contributed by atoms with Crippen LogP contribution in [0.5, 0.6) is 11.5 Å². The van der Waals surface area contributed by atoms with E-state index in [0.717, 1.165) is 22.6 Å². The summed E-state index contributed by atoms with van der Waals surface area (Å²) < 4.78 is 12.4. The number of aryl methyl sites for hydroxylation is 1. The monoisotopic (exact) mass is 313 g/mol. The van der Waals surface area contributed by atoms with Crippen molar-refractivity contribution in [2.24, 2.45) is 7.05 Å². The number of benzene rings is 1. The Bertz CT molecular complexity index is 736. The summed E-state index contributed by atoms with van der Waals surface area (Å²) in [6.07, 6.45) is 6.93. The molecule has 0 aliphatic carbocycles. The number of amides is 1. The van der Waals surface area contributed by atoms with Gasteiger partial charge in [-0.05, 0) is 30.7 Å². The van der Waals surface area contributed by atoms with Gasteiger partial charge >= 0.3 is 0 Å². The van der Waals surface area contributed by atoms with Crippen molar-refractivity contribution >= 4 is 12.0 Å². The molecular formula is C17H19N3O3. The highest BCUT2D eigenvalue weighted by atomic mass is 16.7. The van der Waals surface area contributed by atoms with E-state index < -0.39 is 0 Å². The number of hydrogen-bond donors (Lipinski definition) is 0. The Morgan fingerprint density at radius 1 is 1.39 bits per heavy atom. The molecule has 0 atom stereocenters. The van der Waals surface area contributed by atoms with Crippen molar-refractivity contribution in [1.82, 2.24) is 14.7 Å². The Morgan fingerprint density at radius 2 is 2.22 bits per heavy atom. The van der Waals surface area contributed by atoms with Gasteiger partial charge < -0.3 is 14.4 Å². The molecule has 6 nitrogen and oxygen atoms in total. The topological polar surface area (TPSA) is 56.6 Å². The zero-order valence-corrected chi connectivity index (χ0v) is 13.2. The highest BCUT2D eigenvalue weighted by molar-refractivity contribution is 5.91. The first kappa shape index (κ1) is 15.1. The molecule has 0 saturated heterocycles. The van der Waals surface area contributed by atoms with Crippen LogP contribution in [0.4, 0.5) is 0 Å². The summed E-state index contributed by atoms with van der Waals surface area (Å²) in [7, 11) is 1.84. The van der Waals surface area contributed by atoms with E-state index in [2.05, 4.69) is 5.10 Å². The number of ether oxygens (including phenoxy) is 2. The number of fused-ring (bicyclic) bond motifs is 1. The molecule has 0 fully saturated rings. The van der Waals surface area contributed by atoms with Crippen LogP contribution in [0.1, 0.15) is 18.1 Å². The van der Waals surface area contributed by atoms with Crippen LogP contribution >= 0.6 is 0 Å². The second-order valence-electron chi connectivity index (χ2n) is 5.32. The predicted molar refractivity (Wildman–Crippen MR) is 85.9 cm³/mol. The molecule has 120 valence electrons. The molecule has 1 aliphatic rings. The lowest BCUT2D eigenvalue weighted by Gasteiger charge is -2.19. The molecule has 0 radical (unpaired) electrons. The van der Waals surface area contributed by atoms with Crippen LogP contribution in [0, 0.1) is 0 Å². The van der Waals surface area contributed by atoms with Gasteiger partial charge in [-0.1, -0.05) is 6.07 Å². The standard InChI is InChI=1S/C17H19N3O3/c1-3-20(17(21)7-5-14-9-18-19(2)10-14)11-13-4-6-15-16(8-13)23-12-22-15/h4-10H,3,11-12H2,1-2H3. The second kappa shape index (κ2) is 6.56. The molecule has 2 heterocycles. The van der Waals surface area contributed by atoms with E-state index in [-0.39, 0.29) is 12.7 Å². The van der Waals surface area contributed by atoms with E-state index in [1.807, 2.05) is 38.4 Å². The molecule has 1 aromatic heterocycles. The van der Waals surface area contributed by atoms with Gasteiger partial charge in [0.2, 0.25) is 12.7 Å². The maximum atomic E-state index is 12.3. The summed E-state index contributed by atoms with van der Waals surface area (Å²) in [6, 6.07) is 5.75. The maximum Gasteiger partial charge on any atom is 0.246 e. The van der Waals surface area contributed by atoms with E-state index in [0.29, 0.717) is 13.1 Å². The van der Waals surface area contributed by atoms with E-state index in [9.17, 15) is 4.79 Å². The first-order valence-electron chi connectivity index (χ1n) is 7.50. The smallest absolute Gasteiger partial charge is 0.246 e. The molecule has 6 heteroatoms. The van der Waals surface area contributed by atoms with Gasteiger partial charge in [-0.15, -0.1) is 0 Å². The molecule has 1 amide bonds. The van der Waals surface area contributed by atoms with Crippen molar-refractivity contribution in [2.75, 3.05) is 13.3 Å². The third kappa shape index (κ3) is 3.53. The maximum absolute atomic E-state index is 12.3. The molecule has 23 heavy (non-hydrogen) atoms. The number of carbonyl (C=O) groups excluding carboxylic acids is 1. The van der Waals surface area contributed by atoms with Crippen LogP contribution < -0.4 is 9.47 Å². The van der Waals surface area contributed by atoms with Gasteiger partial charge in [0.25, 0.3) is 0 Å². The predicted octanol–water partition coefficient (Wildman–Crippen LogP) is 2.21. The highest BCUT2D eigenvalue weighted by Gasteiger charge is 2.15. The number of carbonyl (C=O) groups is 1. The number of hydrogen-bond acceptors (Lipinski definition) is 4. The van der Waals surface area contributed by atoms with Crippen LogP contribution in [-0.4, -0.2) is 33.9 Å². The van der Waals surface area contributed by atoms with Gasteiger partial charge in [0, 0.05) is 38.0 Å². The van der Waals surface area contributed by atoms with Gasteiger partial charge in [0.1, 0.15) is 0 Å². The van der Waals surface area contributed by atoms with Gasteiger partial charge in [-0.3, -0.25) is 9.48 Å². The minimum absolute atomic E-state index is 0.0333. The molecule has 0 unspecified atom stereocenters. The molecular weight excluding hydrogens is 294 g/mol. The molecule has 1 aromatic carbocycles. The lowest BCUT2D eigenvalue weighted by Crippen LogP contribution is -2.28. The zero-order chi connectivity index (χ0) is 16.2. The third-order valence-corrected chi connectivity index (χ3v) is 3.65. The third-order valence-electron chi connectivity index (χ3n) is 3.65. The first-order chi connectivity index (χ1) is 11.2. The van der Waals surface area contributed by atoms with Crippen molar-refractivity contribution in [3.63, 3.8) is 0 Å². The number of aromatic nitrogens is 2. The molecule has 1 aliphatic heterocycles.